The molecule has 3 atom stereocenters. The van der Waals surface area contributed by atoms with Gasteiger partial charge in [0.15, 0.2) is 0 Å². The molecule has 4 heterocycles. The monoisotopic (exact) mass is 397 g/mol. The fourth-order valence-corrected chi connectivity index (χ4v) is 3.84. The number of rotatable bonds is 2. The highest BCUT2D eigenvalue weighted by Crippen LogP contribution is 2.29. The minimum Gasteiger partial charge on any atom is -0.391 e. The van der Waals surface area contributed by atoms with Crippen molar-refractivity contribution in [3.05, 3.63) is 45.3 Å². The summed E-state index contributed by atoms with van der Waals surface area (Å²) in [4.78, 5) is 8.38. The first kappa shape index (κ1) is 22.9. The lowest BCUT2D eigenvalue weighted by molar-refractivity contribution is -0.176. The molecule has 2 aromatic rings. The Morgan fingerprint density at radius 1 is 0.923 bits per heavy atom. The largest absolute Gasteiger partial charge is 0.391 e. The first-order valence-corrected chi connectivity index (χ1v) is 9.64. The van der Waals surface area contributed by atoms with E-state index in [2.05, 4.69) is 16.0 Å². The molecule has 0 aliphatic carbocycles. The van der Waals surface area contributed by atoms with E-state index in [-0.39, 0.29) is 26.7 Å². The second-order valence-corrected chi connectivity index (χ2v) is 7.18. The van der Waals surface area contributed by atoms with E-state index in [0.717, 1.165) is 35.9 Å². The lowest BCUT2D eigenvalue weighted by Gasteiger charge is -2.24. The third-order valence-electron chi connectivity index (χ3n) is 3.62. The standard InChI is InChI=1S/C8H11NO2S.C8H9NOS.B.H2O2/c10-6-1-2-7(11-5-6)8-9-3-4-12-8;1-2-5-10-7(3-1)8-9-4-6-11-8;;1-2/h3-4,6-7,10H,1-2,5H2;1-2,4,6-7H,3,5H2;;1-2H. The van der Waals surface area contributed by atoms with Gasteiger partial charge in [-0.25, -0.2) is 9.97 Å². The summed E-state index contributed by atoms with van der Waals surface area (Å²) in [6, 6.07) is 0. The molecule has 2 aliphatic rings. The van der Waals surface area contributed by atoms with Gasteiger partial charge in [0.2, 0.25) is 0 Å². The summed E-state index contributed by atoms with van der Waals surface area (Å²) in [6.45, 7) is 1.18. The van der Waals surface area contributed by atoms with Crippen LogP contribution in [-0.2, 0) is 9.47 Å². The topological polar surface area (TPSA) is 105 Å². The SMILES string of the molecule is C1=CCC(c2nccs2)OC1.OC1CCC(c2nccs2)OC1.OO.[B]. The highest BCUT2D eigenvalue weighted by molar-refractivity contribution is 7.09. The third kappa shape index (κ3) is 7.24. The second kappa shape index (κ2) is 13.1. The number of hydrogen-bond donors (Lipinski definition) is 3. The number of nitrogens with zero attached hydrogens (tertiary/aromatic N) is 2. The van der Waals surface area contributed by atoms with Gasteiger partial charge in [0.05, 0.1) is 19.3 Å². The molecule has 0 bridgehead atoms. The van der Waals surface area contributed by atoms with Crippen molar-refractivity contribution >= 4 is 31.1 Å². The Morgan fingerprint density at radius 2 is 1.58 bits per heavy atom. The summed E-state index contributed by atoms with van der Waals surface area (Å²) in [7, 11) is 0. The molecule has 7 nitrogen and oxygen atoms in total. The normalized spacial score (nSPS) is 24.3. The Morgan fingerprint density at radius 3 is 2.04 bits per heavy atom. The zero-order chi connectivity index (χ0) is 17.9. The molecule has 2 aliphatic heterocycles. The number of ether oxygens (including phenoxy) is 2. The van der Waals surface area contributed by atoms with Crippen molar-refractivity contribution in [1.29, 1.82) is 0 Å². The van der Waals surface area contributed by atoms with Crippen molar-refractivity contribution in [1.82, 2.24) is 9.97 Å². The maximum Gasteiger partial charge on any atom is 0.122 e. The molecule has 1 saturated heterocycles. The van der Waals surface area contributed by atoms with E-state index in [1.165, 1.54) is 0 Å². The van der Waals surface area contributed by atoms with Gasteiger partial charge in [-0.15, -0.1) is 22.7 Å². The Labute approximate surface area is 162 Å². The highest BCUT2D eigenvalue weighted by Gasteiger charge is 2.22. The van der Waals surface area contributed by atoms with Crippen LogP contribution in [0.1, 0.15) is 41.5 Å². The van der Waals surface area contributed by atoms with E-state index >= 15 is 0 Å². The van der Waals surface area contributed by atoms with Crippen LogP contribution in [0.3, 0.4) is 0 Å². The van der Waals surface area contributed by atoms with Gasteiger partial charge in [-0.05, 0) is 19.3 Å². The molecule has 10 heteroatoms. The molecular formula is C16H22BN2O5S2. The fraction of sp³-hybridized carbons (Fsp3) is 0.500. The summed E-state index contributed by atoms with van der Waals surface area (Å²) >= 11 is 3.27. The van der Waals surface area contributed by atoms with Crippen molar-refractivity contribution < 1.29 is 25.1 Å². The van der Waals surface area contributed by atoms with Crippen LogP contribution in [0.5, 0.6) is 0 Å². The van der Waals surface area contributed by atoms with E-state index in [0.29, 0.717) is 6.61 Å². The molecule has 3 radical (unpaired) electrons. The van der Waals surface area contributed by atoms with E-state index in [4.69, 9.17) is 20.0 Å². The van der Waals surface area contributed by atoms with Gasteiger partial charge in [-0.3, -0.25) is 10.5 Å². The molecule has 3 N–H and O–H groups in total. The predicted molar refractivity (Wildman–Crippen MR) is 102 cm³/mol. The maximum absolute atomic E-state index is 9.18. The summed E-state index contributed by atoms with van der Waals surface area (Å²) in [5, 5.41) is 27.2. The quantitative estimate of drug-likeness (QED) is 0.309. The molecule has 0 aromatic carbocycles. The predicted octanol–water partition coefficient (Wildman–Crippen LogP) is 3.15. The maximum atomic E-state index is 9.18. The van der Waals surface area contributed by atoms with Crippen LogP contribution in [0.25, 0.3) is 0 Å². The van der Waals surface area contributed by atoms with E-state index < -0.39 is 0 Å². The van der Waals surface area contributed by atoms with Crippen LogP contribution in [0.2, 0.25) is 0 Å². The summed E-state index contributed by atoms with van der Waals surface area (Å²) in [5.74, 6) is 0. The van der Waals surface area contributed by atoms with Crippen LogP contribution in [0, 0.1) is 0 Å². The zero-order valence-corrected chi connectivity index (χ0v) is 15.8. The van der Waals surface area contributed by atoms with Crippen LogP contribution in [0.15, 0.2) is 35.3 Å². The molecule has 3 unspecified atom stereocenters. The van der Waals surface area contributed by atoms with Gasteiger partial charge in [-0.1, -0.05) is 12.2 Å². The molecular weight excluding hydrogens is 375 g/mol. The Balaban J connectivity index is 0.000000230. The summed E-state index contributed by atoms with van der Waals surface area (Å²) in [6.07, 6.45) is 10.5. The first-order chi connectivity index (χ1) is 12.3. The Bertz CT molecular complexity index is 590. The Kier molecular flexibility index (Phi) is 11.5. The van der Waals surface area contributed by atoms with Gasteiger partial charge < -0.3 is 14.6 Å². The number of aromatic nitrogens is 2. The van der Waals surface area contributed by atoms with Crippen LogP contribution >= 0.6 is 22.7 Å². The number of hydrogen-bond acceptors (Lipinski definition) is 9. The molecule has 0 spiro atoms. The van der Waals surface area contributed by atoms with Crippen molar-refractivity contribution in [2.24, 2.45) is 0 Å². The lowest BCUT2D eigenvalue weighted by atomic mass is 10.1. The van der Waals surface area contributed by atoms with E-state index in [1.54, 1.807) is 28.9 Å². The summed E-state index contributed by atoms with van der Waals surface area (Å²) in [5.41, 5.74) is 0. The average molecular weight is 397 g/mol. The van der Waals surface area contributed by atoms with Gasteiger partial charge in [-0.2, -0.15) is 0 Å². The van der Waals surface area contributed by atoms with Crippen LogP contribution < -0.4 is 0 Å². The second-order valence-electron chi connectivity index (χ2n) is 5.32. The van der Waals surface area contributed by atoms with Crippen molar-refractivity contribution in [3.63, 3.8) is 0 Å². The lowest BCUT2D eigenvalue weighted by Crippen LogP contribution is -2.24. The molecule has 1 fully saturated rings. The Hall–Kier alpha value is -1.14. The minimum atomic E-state index is -0.277. The van der Waals surface area contributed by atoms with Gasteiger partial charge in [0.25, 0.3) is 0 Å². The first-order valence-electron chi connectivity index (χ1n) is 7.88. The van der Waals surface area contributed by atoms with Crippen LogP contribution in [-0.4, -0.2) is 53.3 Å². The van der Waals surface area contributed by atoms with E-state index in [9.17, 15) is 5.11 Å². The van der Waals surface area contributed by atoms with Crippen molar-refractivity contribution in [3.8, 4) is 0 Å². The smallest absolute Gasteiger partial charge is 0.122 e. The number of thiazole rings is 2. The third-order valence-corrected chi connectivity index (χ3v) is 5.35. The van der Waals surface area contributed by atoms with Gasteiger partial charge in [0, 0.05) is 31.6 Å². The van der Waals surface area contributed by atoms with Crippen molar-refractivity contribution in [2.45, 2.75) is 37.6 Å². The molecule has 4 rings (SSSR count). The zero-order valence-electron chi connectivity index (χ0n) is 14.2. The highest BCUT2D eigenvalue weighted by atomic mass is 32.1. The molecule has 0 saturated carbocycles. The van der Waals surface area contributed by atoms with Crippen molar-refractivity contribution in [2.75, 3.05) is 13.2 Å². The average Bonchev–Trinajstić information content (AvgIpc) is 3.40. The molecule has 2 aromatic heterocycles. The fourth-order valence-electron chi connectivity index (χ4n) is 2.42. The molecule has 141 valence electrons. The number of aliphatic hydroxyl groups is 1. The number of aliphatic hydroxyl groups excluding tert-OH is 1. The van der Waals surface area contributed by atoms with Gasteiger partial charge >= 0.3 is 0 Å². The summed E-state index contributed by atoms with van der Waals surface area (Å²) < 4.78 is 10.9. The van der Waals surface area contributed by atoms with E-state index in [1.807, 2.05) is 23.0 Å². The van der Waals surface area contributed by atoms with Crippen LogP contribution in [0.4, 0.5) is 0 Å². The molecule has 26 heavy (non-hydrogen) atoms. The molecule has 0 amide bonds. The minimum absolute atomic E-state index is 0. The van der Waals surface area contributed by atoms with Gasteiger partial charge in [0.1, 0.15) is 22.2 Å².